The zero-order chi connectivity index (χ0) is 21.3. The molecule has 4 rings (SSSR count). The first-order chi connectivity index (χ1) is 14.5. The van der Waals surface area contributed by atoms with Gasteiger partial charge in [-0.1, -0.05) is 48.5 Å². The van der Waals surface area contributed by atoms with Crippen LogP contribution < -0.4 is 15.0 Å². The molecule has 0 aliphatic carbocycles. The van der Waals surface area contributed by atoms with E-state index in [9.17, 15) is 14.4 Å². The predicted molar refractivity (Wildman–Crippen MR) is 115 cm³/mol. The van der Waals surface area contributed by atoms with Crippen LogP contribution in [0.3, 0.4) is 0 Å². The molecule has 4 amide bonds. The van der Waals surface area contributed by atoms with Crippen molar-refractivity contribution in [3.05, 3.63) is 77.9 Å². The number of benzene rings is 3. The standard InChI is InChI=1S/C24H20N2O4/c1-15(2)30-21-13-12-16-8-6-7-11-18(16)19(21)14-20-22(27)25-24(29)26(23(20)28)17-9-4-3-5-10-17/h3-15H,1-2H3,(H,25,27,29)/b20-14+. The first-order valence-electron chi connectivity index (χ1n) is 9.60. The minimum Gasteiger partial charge on any atom is -0.490 e. The summed E-state index contributed by atoms with van der Waals surface area (Å²) < 4.78 is 5.93. The molecule has 6 nitrogen and oxygen atoms in total. The number of rotatable bonds is 4. The highest BCUT2D eigenvalue weighted by atomic mass is 16.5. The lowest BCUT2D eigenvalue weighted by Crippen LogP contribution is -2.54. The van der Waals surface area contributed by atoms with E-state index in [1.54, 1.807) is 30.3 Å². The number of urea groups is 1. The Morgan fingerprint density at radius 3 is 2.33 bits per heavy atom. The van der Waals surface area contributed by atoms with Crippen molar-refractivity contribution >= 4 is 40.4 Å². The van der Waals surface area contributed by atoms with Crippen LogP contribution in [0.4, 0.5) is 10.5 Å². The van der Waals surface area contributed by atoms with E-state index in [-0.39, 0.29) is 11.7 Å². The van der Waals surface area contributed by atoms with E-state index in [4.69, 9.17) is 4.74 Å². The fraction of sp³-hybridized carbons (Fsp3) is 0.125. The average molecular weight is 400 g/mol. The van der Waals surface area contributed by atoms with Gasteiger partial charge in [0.2, 0.25) is 0 Å². The Bertz CT molecular complexity index is 1180. The summed E-state index contributed by atoms with van der Waals surface area (Å²) in [5.41, 5.74) is 0.862. The van der Waals surface area contributed by atoms with Gasteiger partial charge in [0.1, 0.15) is 11.3 Å². The maximum atomic E-state index is 13.2. The van der Waals surface area contributed by atoms with Crippen LogP contribution >= 0.6 is 0 Å². The van der Waals surface area contributed by atoms with Gasteiger partial charge in [0.15, 0.2) is 0 Å². The molecule has 1 aliphatic rings. The van der Waals surface area contributed by atoms with Gasteiger partial charge in [0.05, 0.1) is 11.8 Å². The summed E-state index contributed by atoms with van der Waals surface area (Å²) in [6.07, 6.45) is 1.40. The third-order valence-electron chi connectivity index (χ3n) is 4.70. The van der Waals surface area contributed by atoms with Crippen molar-refractivity contribution in [2.24, 2.45) is 0 Å². The fourth-order valence-corrected chi connectivity index (χ4v) is 3.39. The number of hydrogen-bond acceptors (Lipinski definition) is 4. The van der Waals surface area contributed by atoms with Gasteiger partial charge in [-0.3, -0.25) is 14.9 Å². The number of barbiturate groups is 1. The molecule has 0 radical (unpaired) electrons. The summed E-state index contributed by atoms with van der Waals surface area (Å²) in [5.74, 6) is -0.862. The second-order valence-corrected chi connectivity index (χ2v) is 7.16. The third-order valence-corrected chi connectivity index (χ3v) is 4.70. The SMILES string of the molecule is CC(C)Oc1ccc2ccccc2c1/C=C1\C(=O)NC(=O)N(c2ccccc2)C1=O. The van der Waals surface area contributed by atoms with Gasteiger partial charge >= 0.3 is 6.03 Å². The molecule has 3 aromatic rings. The maximum Gasteiger partial charge on any atom is 0.335 e. The number of nitrogens with one attached hydrogen (secondary N) is 1. The van der Waals surface area contributed by atoms with Crippen LogP contribution in [0, 0.1) is 0 Å². The molecule has 0 bridgehead atoms. The van der Waals surface area contributed by atoms with Crippen LogP contribution in [0.2, 0.25) is 0 Å². The second kappa shape index (κ2) is 7.83. The Morgan fingerprint density at radius 2 is 1.60 bits per heavy atom. The number of fused-ring (bicyclic) bond motifs is 1. The van der Waals surface area contributed by atoms with Crippen LogP contribution in [0.5, 0.6) is 5.75 Å². The Labute approximate surface area is 173 Å². The minimum absolute atomic E-state index is 0.0957. The van der Waals surface area contributed by atoms with Gasteiger partial charge in [0, 0.05) is 5.56 Å². The van der Waals surface area contributed by atoms with E-state index in [1.807, 2.05) is 50.2 Å². The summed E-state index contributed by atoms with van der Waals surface area (Å²) >= 11 is 0. The number of amides is 4. The number of carbonyl (C=O) groups is 3. The molecule has 30 heavy (non-hydrogen) atoms. The van der Waals surface area contributed by atoms with Crippen molar-refractivity contribution in [3.63, 3.8) is 0 Å². The lowest BCUT2D eigenvalue weighted by atomic mass is 9.99. The predicted octanol–water partition coefficient (Wildman–Crippen LogP) is 4.29. The van der Waals surface area contributed by atoms with Gasteiger partial charge in [-0.15, -0.1) is 0 Å². The molecule has 0 saturated carbocycles. The van der Waals surface area contributed by atoms with Crippen molar-refractivity contribution < 1.29 is 19.1 Å². The number of ether oxygens (including phenoxy) is 1. The van der Waals surface area contributed by atoms with E-state index < -0.39 is 17.8 Å². The summed E-state index contributed by atoms with van der Waals surface area (Å²) in [6.45, 7) is 3.81. The molecule has 6 heteroatoms. The molecule has 1 aliphatic heterocycles. The quantitative estimate of drug-likeness (QED) is 0.524. The highest BCUT2D eigenvalue weighted by Gasteiger charge is 2.37. The second-order valence-electron chi connectivity index (χ2n) is 7.16. The Balaban J connectivity index is 1.87. The van der Waals surface area contributed by atoms with Gasteiger partial charge in [-0.25, -0.2) is 9.69 Å². The van der Waals surface area contributed by atoms with Crippen molar-refractivity contribution in [1.29, 1.82) is 0 Å². The summed E-state index contributed by atoms with van der Waals surface area (Å²) in [7, 11) is 0. The van der Waals surface area contributed by atoms with Crippen LogP contribution in [0.15, 0.2) is 72.3 Å². The molecule has 3 aromatic carbocycles. The van der Waals surface area contributed by atoms with E-state index in [0.717, 1.165) is 15.7 Å². The molecule has 0 spiro atoms. The van der Waals surface area contributed by atoms with Crippen molar-refractivity contribution in [2.75, 3.05) is 4.90 Å². The molecule has 1 fully saturated rings. The fourth-order valence-electron chi connectivity index (χ4n) is 3.39. The zero-order valence-corrected chi connectivity index (χ0v) is 16.6. The number of carbonyl (C=O) groups excluding carboxylic acids is 3. The van der Waals surface area contributed by atoms with Crippen molar-refractivity contribution in [2.45, 2.75) is 20.0 Å². The van der Waals surface area contributed by atoms with Crippen LogP contribution in [-0.4, -0.2) is 23.9 Å². The lowest BCUT2D eigenvalue weighted by molar-refractivity contribution is -0.122. The van der Waals surface area contributed by atoms with E-state index in [1.165, 1.54) is 6.08 Å². The largest absolute Gasteiger partial charge is 0.490 e. The van der Waals surface area contributed by atoms with E-state index >= 15 is 0 Å². The van der Waals surface area contributed by atoms with Crippen molar-refractivity contribution in [3.8, 4) is 5.75 Å². The number of hydrogen-bond donors (Lipinski definition) is 1. The summed E-state index contributed by atoms with van der Waals surface area (Å²) in [4.78, 5) is 39.1. The Morgan fingerprint density at radius 1 is 0.900 bits per heavy atom. The highest BCUT2D eigenvalue weighted by molar-refractivity contribution is 6.39. The molecule has 150 valence electrons. The molecule has 0 atom stereocenters. The third kappa shape index (κ3) is 3.55. The van der Waals surface area contributed by atoms with Crippen LogP contribution in [0.1, 0.15) is 19.4 Å². The van der Waals surface area contributed by atoms with Crippen LogP contribution in [0.25, 0.3) is 16.8 Å². The van der Waals surface area contributed by atoms with E-state index in [2.05, 4.69) is 5.32 Å². The van der Waals surface area contributed by atoms with Gasteiger partial charge in [-0.2, -0.15) is 0 Å². The molecular weight excluding hydrogens is 380 g/mol. The topological polar surface area (TPSA) is 75.7 Å². The maximum absolute atomic E-state index is 13.2. The molecule has 1 N–H and O–H groups in total. The normalized spacial score (nSPS) is 15.8. The molecule has 1 heterocycles. The molecule has 0 unspecified atom stereocenters. The minimum atomic E-state index is -0.773. The van der Waals surface area contributed by atoms with Gasteiger partial charge < -0.3 is 4.74 Å². The summed E-state index contributed by atoms with van der Waals surface area (Å²) in [5, 5.41) is 4.04. The molecule has 1 saturated heterocycles. The Kier molecular flexibility index (Phi) is 5.06. The molecular formula is C24H20N2O4. The van der Waals surface area contributed by atoms with Gasteiger partial charge in [-0.05, 0) is 48.9 Å². The van der Waals surface area contributed by atoms with Crippen molar-refractivity contribution in [1.82, 2.24) is 5.32 Å². The first-order valence-corrected chi connectivity index (χ1v) is 9.60. The van der Waals surface area contributed by atoms with Gasteiger partial charge in [0.25, 0.3) is 11.8 Å². The van der Waals surface area contributed by atoms with E-state index in [0.29, 0.717) is 17.0 Å². The number of imide groups is 2. The zero-order valence-electron chi connectivity index (χ0n) is 16.6. The number of nitrogens with zero attached hydrogens (tertiary/aromatic N) is 1. The number of anilines is 1. The Hall–Kier alpha value is -3.93. The average Bonchev–Trinajstić information content (AvgIpc) is 2.72. The number of para-hydroxylation sites is 1. The lowest BCUT2D eigenvalue weighted by Gasteiger charge is -2.26. The smallest absolute Gasteiger partial charge is 0.335 e. The molecule has 0 aromatic heterocycles. The first kappa shape index (κ1) is 19.4. The monoisotopic (exact) mass is 400 g/mol. The summed E-state index contributed by atoms with van der Waals surface area (Å²) in [6, 6.07) is 19.1. The van der Waals surface area contributed by atoms with Crippen LogP contribution in [-0.2, 0) is 9.59 Å². The highest BCUT2D eigenvalue weighted by Crippen LogP contribution is 2.32.